The number of hydrogen-bond acceptors (Lipinski definition) is 4. The second-order valence-corrected chi connectivity index (χ2v) is 5.87. The number of nitrogens with zero attached hydrogens (tertiary/aromatic N) is 3. The summed E-state index contributed by atoms with van der Waals surface area (Å²) in [5.41, 5.74) is 1.51. The molecule has 1 fully saturated rings. The number of aromatic nitrogens is 2. The van der Waals surface area contributed by atoms with Crippen LogP contribution in [0, 0.1) is 5.82 Å². The summed E-state index contributed by atoms with van der Waals surface area (Å²) in [5, 5.41) is 2.77. The van der Waals surface area contributed by atoms with Crippen LogP contribution in [-0.2, 0) is 11.2 Å². The van der Waals surface area contributed by atoms with E-state index in [1.165, 1.54) is 29.6 Å². The number of aryl methyl sites for hydroxylation is 1. The van der Waals surface area contributed by atoms with Gasteiger partial charge in [-0.15, -0.1) is 0 Å². The van der Waals surface area contributed by atoms with Crippen molar-refractivity contribution in [2.24, 2.45) is 0 Å². The van der Waals surface area contributed by atoms with Gasteiger partial charge in [-0.2, -0.15) is 0 Å². The first-order chi connectivity index (χ1) is 12.1. The zero-order chi connectivity index (χ0) is 17.8. The number of nitrogens with one attached hydrogen (secondary N) is 1. The normalized spacial score (nSPS) is 17.4. The molecule has 0 aliphatic carbocycles. The van der Waals surface area contributed by atoms with Crippen LogP contribution in [0.25, 0.3) is 0 Å². The SMILES string of the molecule is CCc1ncncc1C(=O)N[C@@H]1CCCN(c2cccc(F)c2)C1=O. The van der Waals surface area contributed by atoms with Crippen molar-refractivity contribution in [2.75, 3.05) is 11.4 Å². The minimum atomic E-state index is -0.644. The average Bonchev–Trinajstić information content (AvgIpc) is 2.63. The van der Waals surface area contributed by atoms with E-state index in [0.29, 0.717) is 36.3 Å². The van der Waals surface area contributed by atoms with Gasteiger partial charge in [0, 0.05) is 18.4 Å². The van der Waals surface area contributed by atoms with Gasteiger partial charge < -0.3 is 10.2 Å². The number of piperidine rings is 1. The number of benzene rings is 1. The van der Waals surface area contributed by atoms with Crippen LogP contribution in [0.1, 0.15) is 35.8 Å². The van der Waals surface area contributed by atoms with E-state index in [2.05, 4.69) is 15.3 Å². The number of rotatable bonds is 4. The molecule has 2 heterocycles. The summed E-state index contributed by atoms with van der Waals surface area (Å²) in [7, 11) is 0. The van der Waals surface area contributed by atoms with Crippen LogP contribution in [0.4, 0.5) is 10.1 Å². The lowest BCUT2D eigenvalue weighted by Gasteiger charge is -2.32. The van der Waals surface area contributed by atoms with Gasteiger partial charge in [0.05, 0.1) is 11.3 Å². The molecule has 1 saturated heterocycles. The molecule has 1 atom stereocenters. The standard InChI is InChI=1S/C18H19FN4O2/c1-2-15-14(10-20-11-21-15)17(24)22-16-7-4-8-23(18(16)25)13-6-3-5-12(19)9-13/h3,5-6,9-11,16H,2,4,7-8H2,1H3,(H,22,24)/t16-/m1/s1. The molecule has 1 aliphatic rings. The molecule has 130 valence electrons. The molecule has 0 spiro atoms. The molecule has 6 nitrogen and oxygen atoms in total. The van der Waals surface area contributed by atoms with Crippen LogP contribution in [0.5, 0.6) is 0 Å². The van der Waals surface area contributed by atoms with Crippen LogP contribution < -0.4 is 10.2 Å². The predicted octanol–water partition coefficient (Wildman–Crippen LogP) is 2.10. The highest BCUT2D eigenvalue weighted by Gasteiger charge is 2.31. The van der Waals surface area contributed by atoms with Crippen molar-refractivity contribution in [3.8, 4) is 0 Å². The molecule has 0 unspecified atom stereocenters. The monoisotopic (exact) mass is 342 g/mol. The first-order valence-electron chi connectivity index (χ1n) is 8.27. The summed E-state index contributed by atoms with van der Waals surface area (Å²) in [6.45, 7) is 2.40. The summed E-state index contributed by atoms with van der Waals surface area (Å²) >= 11 is 0. The Labute approximate surface area is 145 Å². The number of carbonyl (C=O) groups is 2. The van der Waals surface area contributed by atoms with Gasteiger partial charge >= 0.3 is 0 Å². The molecule has 1 aromatic carbocycles. The second-order valence-electron chi connectivity index (χ2n) is 5.87. The lowest BCUT2D eigenvalue weighted by atomic mass is 10.0. The quantitative estimate of drug-likeness (QED) is 0.923. The van der Waals surface area contributed by atoms with Crippen molar-refractivity contribution < 1.29 is 14.0 Å². The molecular weight excluding hydrogens is 323 g/mol. The molecule has 0 radical (unpaired) electrons. The van der Waals surface area contributed by atoms with E-state index in [1.54, 1.807) is 12.1 Å². The second kappa shape index (κ2) is 7.38. The van der Waals surface area contributed by atoms with Gasteiger partial charge in [0.25, 0.3) is 5.91 Å². The Morgan fingerprint density at radius 1 is 1.44 bits per heavy atom. The highest BCUT2D eigenvalue weighted by Crippen LogP contribution is 2.22. The van der Waals surface area contributed by atoms with Crippen LogP contribution in [0.15, 0.2) is 36.8 Å². The molecule has 0 bridgehead atoms. The molecule has 3 rings (SSSR count). The summed E-state index contributed by atoms with van der Waals surface area (Å²) < 4.78 is 13.4. The van der Waals surface area contributed by atoms with Gasteiger partial charge in [-0.3, -0.25) is 9.59 Å². The zero-order valence-corrected chi connectivity index (χ0v) is 13.9. The first kappa shape index (κ1) is 17.0. The summed E-state index contributed by atoms with van der Waals surface area (Å²) in [6, 6.07) is 5.26. The maximum Gasteiger partial charge on any atom is 0.255 e. The largest absolute Gasteiger partial charge is 0.340 e. The Kier molecular flexibility index (Phi) is 5.02. The fourth-order valence-corrected chi connectivity index (χ4v) is 2.97. The Morgan fingerprint density at radius 2 is 2.28 bits per heavy atom. The topological polar surface area (TPSA) is 75.2 Å². The summed E-state index contributed by atoms with van der Waals surface area (Å²) in [6.07, 6.45) is 4.72. The lowest BCUT2D eigenvalue weighted by Crippen LogP contribution is -2.52. The van der Waals surface area contributed by atoms with Crippen LogP contribution in [-0.4, -0.2) is 34.4 Å². The van der Waals surface area contributed by atoms with E-state index in [1.807, 2.05) is 6.92 Å². The number of amides is 2. The van der Waals surface area contributed by atoms with Crippen LogP contribution in [0.2, 0.25) is 0 Å². The van der Waals surface area contributed by atoms with Gasteiger partial charge in [0.1, 0.15) is 18.2 Å². The molecule has 2 aromatic rings. The average molecular weight is 342 g/mol. The maximum atomic E-state index is 13.4. The van der Waals surface area contributed by atoms with Crippen molar-refractivity contribution in [3.63, 3.8) is 0 Å². The van der Waals surface area contributed by atoms with Crippen molar-refractivity contribution in [3.05, 3.63) is 53.9 Å². The Morgan fingerprint density at radius 3 is 3.04 bits per heavy atom. The summed E-state index contributed by atoms with van der Waals surface area (Å²) in [4.78, 5) is 34.7. The van der Waals surface area contributed by atoms with Crippen LogP contribution in [0.3, 0.4) is 0 Å². The smallest absolute Gasteiger partial charge is 0.255 e. The predicted molar refractivity (Wildman–Crippen MR) is 90.7 cm³/mol. The van der Waals surface area contributed by atoms with Crippen LogP contribution >= 0.6 is 0 Å². The van der Waals surface area contributed by atoms with Gasteiger partial charge in [-0.25, -0.2) is 14.4 Å². The van der Waals surface area contributed by atoms with Gasteiger partial charge in [0.15, 0.2) is 0 Å². The van der Waals surface area contributed by atoms with E-state index < -0.39 is 11.9 Å². The molecule has 25 heavy (non-hydrogen) atoms. The maximum absolute atomic E-state index is 13.4. The Balaban J connectivity index is 1.76. The number of halogens is 1. The highest BCUT2D eigenvalue weighted by atomic mass is 19.1. The number of hydrogen-bond donors (Lipinski definition) is 1. The van der Waals surface area contributed by atoms with Gasteiger partial charge in [-0.05, 0) is 37.5 Å². The van der Waals surface area contributed by atoms with E-state index in [-0.39, 0.29) is 11.8 Å². The first-order valence-corrected chi connectivity index (χ1v) is 8.27. The van der Waals surface area contributed by atoms with Gasteiger partial charge in [0.2, 0.25) is 5.91 Å². The van der Waals surface area contributed by atoms with Gasteiger partial charge in [-0.1, -0.05) is 13.0 Å². The Hall–Kier alpha value is -2.83. The van der Waals surface area contributed by atoms with E-state index in [4.69, 9.17) is 0 Å². The number of carbonyl (C=O) groups excluding carboxylic acids is 2. The van der Waals surface area contributed by atoms with Crippen molar-refractivity contribution in [2.45, 2.75) is 32.2 Å². The van der Waals surface area contributed by atoms with E-state index >= 15 is 0 Å². The molecule has 7 heteroatoms. The molecule has 0 saturated carbocycles. The minimum Gasteiger partial charge on any atom is -0.340 e. The minimum absolute atomic E-state index is 0.236. The fourth-order valence-electron chi connectivity index (χ4n) is 2.97. The summed E-state index contributed by atoms with van der Waals surface area (Å²) in [5.74, 6) is -0.998. The van der Waals surface area contributed by atoms with Crippen molar-refractivity contribution in [1.29, 1.82) is 0 Å². The molecule has 1 aliphatic heterocycles. The van der Waals surface area contributed by atoms with Crippen molar-refractivity contribution in [1.82, 2.24) is 15.3 Å². The third-order valence-corrected chi connectivity index (χ3v) is 4.24. The highest BCUT2D eigenvalue weighted by molar-refractivity contribution is 6.03. The lowest BCUT2D eigenvalue weighted by molar-refractivity contribution is -0.121. The third kappa shape index (κ3) is 3.65. The third-order valence-electron chi connectivity index (χ3n) is 4.24. The molecule has 1 aromatic heterocycles. The number of anilines is 1. The van der Waals surface area contributed by atoms with Crippen molar-refractivity contribution >= 4 is 17.5 Å². The fraction of sp³-hybridized carbons (Fsp3) is 0.333. The van der Waals surface area contributed by atoms with E-state index in [0.717, 1.165) is 6.42 Å². The van der Waals surface area contributed by atoms with E-state index in [9.17, 15) is 14.0 Å². The molecule has 1 N–H and O–H groups in total. The molecular formula is C18H19FN4O2. The molecule has 2 amide bonds. The Bertz CT molecular complexity index is 796. The zero-order valence-electron chi connectivity index (χ0n) is 13.9.